The first-order chi connectivity index (χ1) is 19.7. The van der Waals surface area contributed by atoms with Crippen LogP contribution in [0.1, 0.15) is 64.7 Å². The number of amides is 1. The standard InChI is InChI=1S/C32H45N5O3/c1-2-3-4-5-6-7-8-9-10-11-12-13-14-15-16-17-18-19-20-21-30(40)35-32-33-24-29-31(36-32)37(27-34-29)23-22-28(25-38)26-39/h3-4,6-7,9-10,12-13,15-16,18-19,24,27-28,38-39H,2,5,8,11,14,17,20-23,25-26H2,1H3,(H,33,35,36,40). The van der Waals surface area contributed by atoms with Gasteiger partial charge in [0.15, 0.2) is 5.65 Å². The fraction of sp³-hybridized carbons (Fsp3) is 0.438. The molecule has 2 aromatic rings. The molecule has 2 aromatic heterocycles. The summed E-state index contributed by atoms with van der Waals surface area (Å²) in [4.78, 5) is 25.2. The Balaban J connectivity index is 1.59. The number of allylic oxidation sites excluding steroid dienone is 12. The number of nitrogens with zero attached hydrogens (tertiary/aromatic N) is 4. The number of rotatable bonds is 20. The number of anilines is 1. The molecule has 0 aliphatic rings. The first-order valence-corrected chi connectivity index (χ1v) is 14.3. The van der Waals surface area contributed by atoms with E-state index in [0.29, 0.717) is 37.0 Å². The quantitative estimate of drug-likeness (QED) is 0.169. The van der Waals surface area contributed by atoms with Crippen LogP contribution in [0.3, 0.4) is 0 Å². The zero-order valence-electron chi connectivity index (χ0n) is 23.7. The van der Waals surface area contributed by atoms with Crippen molar-refractivity contribution in [1.29, 1.82) is 0 Å². The van der Waals surface area contributed by atoms with Crippen LogP contribution in [-0.2, 0) is 11.3 Å². The molecule has 0 radical (unpaired) electrons. The molecule has 2 rings (SSSR count). The van der Waals surface area contributed by atoms with Crippen LogP contribution in [-0.4, -0.2) is 48.9 Å². The summed E-state index contributed by atoms with van der Waals surface area (Å²) in [5.41, 5.74) is 1.23. The zero-order chi connectivity index (χ0) is 28.7. The molecule has 1 amide bonds. The van der Waals surface area contributed by atoms with Crippen LogP contribution in [0.4, 0.5) is 5.95 Å². The topological polar surface area (TPSA) is 113 Å². The Bertz CT molecular complexity index is 1160. The van der Waals surface area contributed by atoms with Crippen LogP contribution in [0.15, 0.2) is 85.4 Å². The molecule has 0 fully saturated rings. The Kier molecular flexibility index (Phi) is 17.3. The molecule has 0 aliphatic carbocycles. The van der Waals surface area contributed by atoms with Gasteiger partial charge in [0, 0.05) is 32.1 Å². The summed E-state index contributed by atoms with van der Waals surface area (Å²) in [6.07, 6.45) is 36.5. The van der Waals surface area contributed by atoms with Gasteiger partial charge in [-0.3, -0.25) is 10.1 Å². The average Bonchev–Trinajstić information content (AvgIpc) is 3.37. The Morgan fingerprint density at radius 1 is 0.850 bits per heavy atom. The van der Waals surface area contributed by atoms with E-state index in [0.717, 1.165) is 38.5 Å². The largest absolute Gasteiger partial charge is 0.396 e. The van der Waals surface area contributed by atoms with E-state index < -0.39 is 0 Å². The Labute approximate surface area is 238 Å². The first-order valence-electron chi connectivity index (χ1n) is 14.3. The number of nitrogens with one attached hydrogen (secondary N) is 1. The second-order valence-electron chi connectivity index (χ2n) is 9.36. The van der Waals surface area contributed by atoms with Gasteiger partial charge in [-0.2, -0.15) is 4.98 Å². The number of aromatic nitrogens is 4. The summed E-state index contributed by atoms with van der Waals surface area (Å²) in [6, 6.07) is 0. The Hall–Kier alpha value is -3.62. The molecule has 0 spiro atoms. The highest BCUT2D eigenvalue weighted by Crippen LogP contribution is 2.14. The van der Waals surface area contributed by atoms with Gasteiger partial charge in [0.25, 0.3) is 0 Å². The molecule has 0 saturated carbocycles. The van der Waals surface area contributed by atoms with Gasteiger partial charge >= 0.3 is 0 Å². The van der Waals surface area contributed by atoms with Gasteiger partial charge in [-0.1, -0.05) is 79.8 Å². The predicted octanol–water partition coefficient (Wildman–Crippen LogP) is 6.23. The molecule has 0 atom stereocenters. The molecule has 0 unspecified atom stereocenters. The maximum atomic E-state index is 12.3. The van der Waals surface area contributed by atoms with E-state index in [-0.39, 0.29) is 31.0 Å². The maximum Gasteiger partial charge on any atom is 0.231 e. The highest BCUT2D eigenvalue weighted by Gasteiger charge is 2.11. The van der Waals surface area contributed by atoms with Gasteiger partial charge in [-0.05, 0) is 51.4 Å². The van der Waals surface area contributed by atoms with Crippen LogP contribution < -0.4 is 5.32 Å². The van der Waals surface area contributed by atoms with Crippen molar-refractivity contribution in [1.82, 2.24) is 19.5 Å². The minimum atomic E-state index is -0.188. The number of aryl methyl sites for hydroxylation is 1. The Morgan fingerprint density at radius 2 is 1.40 bits per heavy atom. The lowest BCUT2D eigenvalue weighted by Gasteiger charge is -2.11. The van der Waals surface area contributed by atoms with Gasteiger partial charge in [0.2, 0.25) is 11.9 Å². The number of aliphatic hydroxyl groups excluding tert-OH is 2. The molecule has 216 valence electrons. The van der Waals surface area contributed by atoms with Crippen LogP contribution >= 0.6 is 0 Å². The number of aliphatic hydroxyl groups is 2. The number of hydrogen-bond donors (Lipinski definition) is 3. The van der Waals surface area contributed by atoms with Gasteiger partial charge in [0.05, 0.1) is 12.5 Å². The number of carbonyl (C=O) groups is 1. The third-order valence-electron chi connectivity index (χ3n) is 6.04. The lowest BCUT2D eigenvalue weighted by atomic mass is 10.1. The molecule has 8 nitrogen and oxygen atoms in total. The number of imidazole rings is 1. The highest BCUT2D eigenvalue weighted by molar-refractivity contribution is 5.89. The van der Waals surface area contributed by atoms with E-state index in [1.54, 1.807) is 12.5 Å². The highest BCUT2D eigenvalue weighted by atomic mass is 16.3. The summed E-state index contributed by atoms with van der Waals surface area (Å²) in [5, 5.41) is 21.3. The summed E-state index contributed by atoms with van der Waals surface area (Å²) in [6.45, 7) is 2.55. The van der Waals surface area contributed by atoms with E-state index in [1.807, 2.05) is 10.6 Å². The molecule has 3 N–H and O–H groups in total. The lowest BCUT2D eigenvalue weighted by Crippen LogP contribution is -2.15. The van der Waals surface area contributed by atoms with E-state index in [1.165, 1.54) is 0 Å². The van der Waals surface area contributed by atoms with Crippen LogP contribution in [0.5, 0.6) is 0 Å². The lowest BCUT2D eigenvalue weighted by molar-refractivity contribution is -0.116. The van der Waals surface area contributed by atoms with Crippen molar-refractivity contribution in [3.05, 3.63) is 85.4 Å². The molecule has 0 aliphatic heterocycles. The molecule has 2 heterocycles. The third kappa shape index (κ3) is 14.0. The van der Waals surface area contributed by atoms with Crippen LogP contribution in [0.2, 0.25) is 0 Å². The van der Waals surface area contributed by atoms with E-state index in [4.69, 9.17) is 0 Å². The smallest absolute Gasteiger partial charge is 0.231 e. The van der Waals surface area contributed by atoms with Crippen molar-refractivity contribution in [2.45, 2.75) is 71.3 Å². The van der Waals surface area contributed by atoms with E-state index >= 15 is 0 Å². The average molecular weight is 548 g/mol. The van der Waals surface area contributed by atoms with Crippen molar-refractivity contribution in [2.24, 2.45) is 5.92 Å². The van der Waals surface area contributed by atoms with Crippen molar-refractivity contribution in [3.63, 3.8) is 0 Å². The zero-order valence-corrected chi connectivity index (χ0v) is 23.7. The number of carbonyl (C=O) groups excluding carboxylic acids is 1. The molecule has 40 heavy (non-hydrogen) atoms. The number of hydrogen-bond acceptors (Lipinski definition) is 6. The van der Waals surface area contributed by atoms with Crippen LogP contribution in [0, 0.1) is 5.92 Å². The predicted molar refractivity (Wildman–Crippen MR) is 164 cm³/mol. The van der Waals surface area contributed by atoms with E-state index in [9.17, 15) is 15.0 Å². The molecule has 0 saturated heterocycles. The summed E-state index contributed by atoms with van der Waals surface area (Å²) in [5.74, 6) is -0.0964. The fourth-order valence-electron chi connectivity index (χ4n) is 3.68. The van der Waals surface area contributed by atoms with Crippen molar-refractivity contribution >= 4 is 23.0 Å². The first kappa shape index (κ1) is 32.6. The van der Waals surface area contributed by atoms with Gasteiger partial charge < -0.3 is 14.8 Å². The minimum Gasteiger partial charge on any atom is -0.396 e. The van der Waals surface area contributed by atoms with Gasteiger partial charge in [0.1, 0.15) is 5.52 Å². The minimum absolute atomic E-state index is 0.0732. The van der Waals surface area contributed by atoms with Crippen LogP contribution in [0.25, 0.3) is 11.2 Å². The van der Waals surface area contributed by atoms with E-state index in [2.05, 4.69) is 94.0 Å². The SMILES string of the molecule is CCC=CCC=CCC=CCC=CCC=CCC=CCCC(=O)Nc1ncc2ncn(CCC(CO)CO)c2n1. The normalized spacial score (nSPS) is 12.8. The molecule has 0 aromatic carbocycles. The second kappa shape index (κ2) is 21.2. The van der Waals surface area contributed by atoms with Gasteiger partial charge in [-0.15, -0.1) is 0 Å². The molecular formula is C32H45N5O3. The third-order valence-corrected chi connectivity index (χ3v) is 6.04. The van der Waals surface area contributed by atoms with Gasteiger partial charge in [-0.25, -0.2) is 9.97 Å². The molecular weight excluding hydrogens is 502 g/mol. The molecule has 8 heteroatoms. The maximum absolute atomic E-state index is 12.3. The number of fused-ring (bicyclic) bond motifs is 1. The monoisotopic (exact) mass is 547 g/mol. The summed E-state index contributed by atoms with van der Waals surface area (Å²) >= 11 is 0. The molecule has 0 bridgehead atoms. The van der Waals surface area contributed by atoms with Crippen molar-refractivity contribution in [3.8, 4) is 0 Å². The van der Waals surface area contributed by atoms with Crippen molar-refractivity contribution in [2.75, 3.05) is 18.5 Å². The Morgan fingerprint density at radius 3 is 1.95 bits per heavy atom. The second-order valence-corrected chi connectivity index (χ2v) is 9.36. The van der Waals surface area contributed by atoms with Crippen molar-refractivity contribution < 1.29 is 15.0 Å². The summed E-state index contributed by atoms with van der Waals surface area (Å²) in [7, 11) is 0. The fourth-order valence-corrected chi connectivity index (χ4v) is 3.68. The summed E-state index contributed by atoms with van der Waals surface area (Å²) < 4.78 is 1.84.